The maximum Gasteiger partial charge on any atom is 0.137 e. The van der Waals surface area contributed by atoms with Crippen LogP contribution in [0.25, 0.3) is 66.3 Å². The van der Waals surface area contributed by atoms with Gasteiger partial charge in [-0.15, -0.1) is 0 Å². The summed E-state index contributed by atoms with van der Waals surface area (Å²) < 4.78 is 9.10. The zero-order valence-corrected chi connectivity index (χ0v) is 32.5. The Kier molecular flexibility index (Phi) is 6.46. The van der Waals surface area contributed by atoms with Crippen LogP contribution in [0, 0.1) is 0 Å². The van der Waals surface area contributed by atoms with Crippen LogP contribution < -0.4 is 4.90 Å². The molecule has 9 aromatic rings. The van der Waals surface area contributed by atoms with Crippen molar-refractivity contribution in [3.63, 3.8) is 0 Å². The molecule has 3 heteroatoms. The van der Waals surface area contributed by atoms with Crippen molar-refractivity contribution in [2.24, 2.45) is 0 Å². The van der Waals surface area contributed by atoms with Crippen LogP contribution in [0.3, 0.4) is 0 Å². The van der Waals surface area contributed by atoms with Gasteiger partial charge in [-0.1, -0.05) is 123 Å². The lowest BCUT2D eigenvalue weighted by Crippen LogP contribution is -2.31. The van der Waals surface area contributed by atoms with E-state index < -0.39 is 0 Å². The molecule has 7 aromatic carbocycles. The molecule has 3 nitrogen and oxygen atoms in total. The molecule has 3 heterocycles. The van der Waals surface area contributed by atoms with Crippen molar-refractivity contribution in [1.82, 2.24) is 4.57 Å². The van der Waals surface area contributed by atoms with Gasteiger partial charge in [0.05, 0.1) is 17.1 Å². The lowest BCUT2D eigenvalue weighted by molar-refractivity contribution is 0.546. The Morgan fingerprint density at radius 2 is 1.29 bits per heavy atom. The highest BCUT2D eigenvalue weighted by atomic mass is 16.3. The molecule has 58 heavy (non-hydrogen) atoms. The summed E-state index contributed by atoms with van der Waals surface area (Å²) >= 11 is 0. The Morgan fingerprint density at radius 1 is 0.586 bits per heavy atom. The number of aromatic nitrogens is 1. The van der Waals surface area contributed by atoms with Gasteiger partial charge < -0.3 is 13.9 Å². The van der Waals surface area contributed by atoms with Gasteiger partial charge in [-0.3, -0.25) is 0 Å². The third kappa shape index (κ3) is 4.34. The van der Waals surface area contributed by atoms with Crippen molar-refractivity contribution < 1.29 is 4.42 Å². The Bertz CT molecular complexity index is 3270. The van der Waals surface area contributed by atoms with Crippen LogP contribution in [0.4, 0.5) is 11.4 Å². The fraction of sp³-hybridized carbons (Fsp3) is 0.127. The standard InChI is InChI=1S/C55H40N2O/c1-55(2)46-20-12-11-19-39(46)40-29-43-41-27-34(21-24-48(41)56(50(43)31-47(40)55)36-14-5-3-6-15-36)35-22-25-49-42(28-35)44-30-45-53(32-51(44)57(49)37-16-7-4-8-17-37)58-52-26-23-33-13-9-10-18-38(33)54(45)52/h3-22,24-25,27-32,43,50H,23,26H2,1-2H3. The Labute approximate surface area is 337 Å². The van der Waals surface area contributed by atoms with E-state index in [-0.39, 0.29) is 17.4 Å². The van der Waals surface area contributed by atoms with E-state index in [2.05, 4.69) is 193 Å². The second kappa shape index (κ2) is 11.6. The molecule has 0 amide bonds. The highest BCUT2D eigenvalue weighted by Crippen LogP contribution is 2.58. The predicted octanol–water partition coefficient (Wildman–Crippen LogP) is 13.9. The molecule has 0 saturated carbocycles. The summed E-state index contributed by atoms with van der Waals surface area (Å²) in [6.45, 7) is 4.78. The molecule has 0 radical (unpaired) electrons. The van der Waals surface area contributed by atoms with Gasteiger partial charge in [-0.25, -0.2) is 0 Å². The minimum atomic E-state index is -0.0469. The van der Waals surface area contributed by atoms with Crippen molar-refractivity contribution in [1.29, 1.82) is 0 Å². The molecule has 2 aromatic heterocycles. The van der Waals surface area contributed by atoms with Gasteiger partial charge in [-0.2, -0.15) is 0 Å². The summed E-state index contributed by atoms with van der Waals surface area (Å²) in [5.41, 5.74) is 20.4. The van der Waals surface area contributed by atoms with E-state index >= 15 is 0 Å². The number of aryl methyl sites for hydroxylation is 2. The van der Waals surface area contributed by atoms with Gasteiger partial charge in [0.1, 0.15) is 11.3 Å². The fourth-order valence-electron chi connectivity index (χ4n) is 11.1. The van der Waals surface area contributed by atoms with E-state index in [1.165, 1.54) is 88.7 Å². The van der Waals surface area contributed by atoms with Crippen molar-refractivity contribution in [3.8, 4) is 27.9 Å². The molecule has 0 spiro atoms. The topological polar surface area (TPSA) is 21.3 Å². The summed E-state index contributed by atoms with van der Waals surface area (Å²) in [6.07, 6.45) is 7.11. The summed E-state index contributed by atoms with van der Waals surface area (Å²) in [5, 5.41) is 3.69. The van der Waals surface area contributed by atoms with Crippen molar-refractivity contribution in [3.05, 3.63) is 203 Å². The molecule has 0 bridgehead atoms. The van der Waals surface area contributed by atoms with E-state index in [1.807, 2.05) is 0 Å². The first-order valence-corrected chi connectivity index (χ1v) is 20.7. The van der Waals surface area contributed by atoms with E-state index in [0.29, 0.717) is 0 Å². The van der Waals surface area contributed by atoms with Gasteiger partial charge in [0.2, 0.25) is 0 Å². The van der Waals surface area contributed by atoms with E-state index in [1.54, 1.807) is 0 Å². The molecule has 2 atom stereocenters. The lowest BCUT2D eigenvalue weighted by Gasteiger charge is -2.33. The average Bonchev–Trinajstić information content (AvgIpc) is 3.97. The lowest BCUT2D eigenvalue weighted by atomic mass is 9.77. The minimum Gasteiger partial charge on any atom is -0.460 e. The molecule has 4 aliphatic rings. The van der Waals surface area contributed by atoms with E-state index in [0.717, 1.165) is 35.4 Å². The summed E-state index contributed by atoms with van der Waals surface area (Å²) in [4.78, 5) is 2.58. The monoisotopic (exact) mass is 744 g/mol. The predicted molar refractivity (Wildman–Crippen MR) is 239 cm³/mol. The highest BCUT2D eigenvalue weighted by molar-refractivity contribution is 6.16. The number of rotatable bonds is 3. The Hall–Kier alpha value is -6.84. The van der Waals surface area contributed by atoms with Crippen LogP contribution in [-0.2, 0) is 18.3 Å². The molecule has 13 rings (SSSR count). The number of fused-ring (bicyclic) bond motifs is 14. The zero-order chi connectivity index (χ0) is 38.3. The van der Waals surface area contributed by atoms with Gasteiger partial charge in [0.15, 0.2) is 0 Å². The number of hydrogen-bond donors (Lipinski definition) is 0. The van der Waals surface area contributed by atoms with Crippen molar-refractivity contribution in [2.75, 3.05) is 4.90 Å². The maximum absolute atomic E-state index is 6.69. The Balaban J connectivity index is 1.01. The number of anilines is 2. The first-order valence-electron chi connectivity index (χ1n) is 20.7. The first-order chi connectivity index (χ1) is 28.5. The van der Waals surface area contributed by atoms with Crippen LogP contribution in [-0.4, -0.2) is 10.6 Å². The maximum atomic E-state index is 6.69. The second-order valence-electron chi connectivity index (χ2n) is 17.2. The first kappa shape index (κ1) is 32.3. The third-order valence-corrected chi connectivity index (χ3v) is 13.8. The molecule has 276 valence electrons. The summed E-state index contributed by atoms with van der Waals surface area (Å²) in [7, 11) is 0. The molecule has 3 aliphatic carbocycles. The van der Waals surface area contributed by atoms with Crippen molar-refractivity contribution >= 4 is 49.7 Å². The van der Waals surface area contributed by atoms with Crippen LogP contribution in [0.2, 0.25) is 0 Å². The number of nitrogens with zero attached hydrogens (tertiary/aromatic N) is 2. The van der Waals surface area contributed by atoms with Gasteiger partial charge in [0.25, 0.3) is 0 Å². The molecular weight excluding hydrogens is 705 g/mol. The Morgan fingerprint density at radius 3 is 2.14 bits per heavy atom. The highest BCUT2D eigenvalue weighted by Gasteiger charge is 2.46. The third-order valence-electron chi connectivity index (χ3n) is 13.8. The molecule has 1 aliphatic heterocycles. The van der Waals surface area contributed by atoms with Crippen LogP contribution >= 0.6 is 0 Å². The van der Waals surface area contributed by atoms with E-state index in [9.17, 15) is 0 Å². The molecule has 0 fully saturated rings. The SMILES string of the molecule is CC1(C)C2=CC3C(C=C2c2ccccc21)c1cc(-c2ccc4c(c2)c2cc5c6c(oc5cc2n4-c2ccccc2)CCc2ccccc2-6)ccc1N3c1ccccc1. The van der Waals surface area contributed by atoms with Gasteiger partial charge in [0, 0.05) is 62.6 Å². The van der Waals surface area contributed by atoms with Gasteiger partial charge >= 0.3 is 0 Å². The smallest absolute Gasteiger partial charge is 0.137 e. The van der Waals surface area contributed by atoms with Crippen LogP contribution in [0.5, 0.6) is 0 Å². The van der Waals surface area contributed by atoms with Crippen LogP contribution in [0.1, 0.15) is 47.8 Å². The zero-order valence-electron chi connectivity index (χ0n) is 32.5. The fourth-order valence-corrected chi connectivity index (χ4v) is 11.1. The number of para-hydroxylation sites is 2. The van der Waals surface area contributed by atoms with E-state index in [4.69, 9.17) is 4.42 Å². The second-order valence-corrected chi connectivity index (χ2v) is 17.2. The number of benzene rings is 7. The molecule has 0 N–H and O–H groups in total. The van der Waals surface area contributed by atoms with Gasteiger partial charge in [-0.05, 0) is 111 Å². The molecular formula is C55H40N2O. The number of allylic oxidation sites excluding steroid dienone is 2. The van der Waals surface area contributed by atoms with Crippen LogP contribution in [0.15, 0.2) is 180 Å². The summed E-state index contributed by atoms with van der Waals surface area (Å²) in [5.74, 6) is 1.32. The number of furan rings is 1. The normalized spacial score (nSPS) is 18.3. The molecule has 2 unspecified atom stereocenters. The average molecular weight is 745 g/mol. The molecule has 0 saturated heterocycles. The van der Waals surface area contributed by atoms with Crippen molar-refractivity contribution in [2.45, 2.75) is 44.1 Å². The number of hydrogen-bond acceptors (Lipinski definition) is 2. The quantitative estimate of drug-likeness (QED) is 0.180. The largest absolute Gasteiger partial charge is 0.460 e. The summed E-state index contributed by atoms with van der Waals surface area (Å²) in [6, 6.07) is 58.7. The minimum absolute atomic E-state index is 0.0469.